The minimum Gasteiger partial charge on any atom is -0.465 e. The topological polar surface area (TPSA) is 55.6 Å². The summed E-state index contributed by atoms with van der Waals surface area (Å²) >= 11 is 1.97. The molecule has 4 nitrogen and oxygen atoms in total. The second-order valence-electron chi connectivity index (χ2n) is 4.90. The van der Waals surface area contributed by atoms with Gasteiger partial charge in [0.15, 0.2) is 0 Å². The first kappa shape index (κ1) is 14.1. The van der Waals surface area contributed by atoms with Gasteiger partial charge in [0.1, 0.15) is 0 Å². The first-order chi connectivity index (χ1) is 9.02. The molecule has 1 aliphatic heterocycles. The van der Waals surface area contributed by atoms with E-state index < -0.39 is 0 Å². The minimum absolute atomic E-state index is 0.333. The maximum absolute atomic E-state index is 11.9. The number of para-hydroxylation sites is 1. The van der Waals surface area contributed by atoms with Crippen molar-refractivity contribution in [2.75, 3.05) is 30.8 Å². The Morgan fingerprint density at radius 3 is 2.58 bits per heavy atom. The van der Waals surface area contributed by atoms with Gasteiger partial charge in [-0.25, -0.2) is 4.79 Å². The third kappa shape index (κ3) is 2.97. The second kappa shape index (κ2) is 5.74. The molecule has 0 bridgehead atoms. The van der Waals surface area contributed by atoms with Crippen molar-refractivity contribution in [1.82, 2.24) is 0 Å². The van der Waals surface area contributed by atoms with Crippen molar-refractivity contribution in [3.8, 4) is 0 Å². The average Bonchev–Trinajstić information content (AvgIpc) is 2.36. The summed E-state index contributed by atoms with van der Waals surface area (Å²) in [4.78, 5) is 14.1. The van der Waals surface area contributed by atoms with Gasteiger partial charge in [-0.3, -0.25) is 0 Å². The number of anilines is 2. The number of hydrogen-bond donors (Lipinski definition) is 1. The van der Waals surface area contributed by atoms with Crippen LogP contribution in [0.5, 0.6) is 0 Å². The van der Waals surface area contributed by atoms with Crippen LogP contribution in [0.25, 0.3) is 0 Å². The van der Waals surface area contributed by atoms with E-state index in [1.165, 1.54) is 7.11 Å². The zero-order valence-electron chi connectivity index (χ0n) is 11.6. The Labute approximate surface area is 118 Å². The minimum atomic E-state index is -0.333. The van der Waals surface area contributed by atoms with Crippen molar-refractivity contribution in [3.05, 3.63) is 23.8 Å². The number of nitrogens with zero attached hydrogens (tertiary/aromatic N) is 1. The van der Waals surface area contributed by atoms with Crippen molar-refractivity contribution < 1.29 is 9.53 Å². The summed E-state index contributed by atoms with van der Waals surface area (Å²) in [6, 6.07) is 5.39. The van der Waals surface area contributed by atoms with Crippen molar-refractivity contribution in [2.45, 2.75) is 24.3 Å². The van der Waals surface area contributed by atoms with Crippen LogP contribution in [-0.4, -0.2) is 36.7 Å². The van der Waals surface area contributed by atoms with E-state index in [2.05, 4.69) is 18.7 Å². The van der Waals surface area contributed by atoms with Gasteiger partial charge in [-0.2, -0.15) is 11.8 Å². The number of carbonyl (C=O) groups excluding carboxylic acids is 1. The van der Waals surface area contributed by atoms with Gasteiger partial charge in [0.25, 0.3) is 0 Å². The number of nitrogen functional groups attached to an aromatic ring is 1. The predicted molar refractivity (Wildman–Crippen MR) is 80.9 cm³/mol. The molecule has 1 heterocycles. The Bertz CT molecular complexity index is 469. The fourth-order valence-electron chi connectivity index (χ4n) is 2.55. The SMILES string of the molecule is COC(=O)c1cccc(N)c1N1CC(C)SC(C)C1. The van der Waals surface area contributed by atoms with E-state index in [0.29, 0.717) is 21.8 Å². The van der Waals surface area contributed by atoms with Gasteiger partial charge in [-0.15, -0.1) is 0 Å². The van der Waals surface area contributed by atoms with Crippen LogP contribution in [0.1, 0.15) is 24.2 Å². The van der Waals surface area contributed by atoms with Gasteiger partial charge in [0, 0.05) is 23.6 Å². The number of methoxy groups -OCH3 is 1. The molecule has 1 aromatic carbocycles. The Morgan fingerprint density at radius 2 is 2.00 bits per heavy atom. The Hall–Kier alpha value is -1.36. The zero-order valence-corrected chi connectivity index (χ0v) is 12.4. The van der Waals surface area contributed by atoms with Gasteiger partial charge in [0.2, 0.25) is 0 Å². The second-order valence-corrected chi connectivity index (χ2v) is 6.78. The third-order valence-corrected chi connectivity index (χ3v) is 4.44. The molecule has 2 N–H and O–H groups in total. The predicted octanol–water partition coefficient (Wildman–Crippen LogP) is 2.39. The number of carbonyl (C=O) groups is 1. The van der Waals surface area contributed by atoms with Crippen LogP contribution in [0.4, 0.5) is 11.4 Å². The molecular weight excluding hydrogens is 260 g/mol. The van der Waals surface area contributed by atoms with E-state index in [9.17, 15) is 4.79 Å². The molecule has 0 aliphatic carbocycles. The fraction of sp³-hybridized carbons (Fsp3) is 0.500. The lowest BCUT2D eigenvalue weighted by molar-refractivity contribution is 0.0601. The number of esters is 1. The van der Waals surface area contributed by atoms with Crippen LogP contribution in [0.3, 0.4) is 0 Å². The zero-order chi connectivity index (χ0) is 14.0. The summed E-state index contributed by atoms with van der Waals surface area (Å²) in [5, 5.41) is 1.04. The molecule has 5 heteroatoms. The number of hydrogen-bond acceptors (Lipinski definition) is 5. The first-order valence-electron chi connectivity index (χ1n) is 6.40. The first-order valence-corrected chi connectivity index (χ1v) is 7.34. The smallest absolute Gasteiger partial charge is 0.340 e. The molecule has 0 aromatic heterocycles. The summed E-state index contributed by atoms with van der Waals surface area (Å²) in [5.41, 5.74) is 8.08. The Morgan fingerprint density at radius 1 is 1.37 bits per heavy atom. The molecule has 0 spiro atoms. The number of nitrogens with two attached hydrogens (primary N) is 1. The normalized spacial score (nSPS) is 23.2. The molecule has 2 unspecified atom stereocenters. The number of thioether (sulfide) groups is 1. The van der Waals surface area contributed by atoms with Crippen molar-refractivity contribution in [2.24, 2.45) is 0 Å². The van der Waals surface area contributed by atoms with E-state index >= 15 is 0 Å². The van der Waals surface area contributed by atoms with Gasteiger partial charge in [0.05, 0.1) is 24.0 Å². The van der Waals surface area contributed by atoms with Gasteiger partial charge in [-0.1, -0.05) is 19.9 Å². The summed E-state index contributed by atoms with van der Waals surface area (Å²) < 4.78 is 4.85. The highest BCUT2D eigenvalue weighted by atomic mass is 32.2. The highest BCUT2D eigenvalue weighted by Crippen LogP contribution is 2.34. The van der Waals surface area contributed by atoms with E-state index in [0.717, 1.165) is 18.8 Å². The third-order valence-electron chi connectivity index (χ3n) is 3.21. The van der Waals surface area contributed by atoms with E-state index in [1.807, 2.05) is 17.8 Å². The van der Waals surface area contributed by atoms with Crippen LogP contribution in [0, 0.1) is 0 Å². The highest BCUT2D eigenvalue weighted by molar-refractivity contribution is 8.00. The maximum Gasteiger partial charge on any atom is 0.340 e. The monoisotopic (exact) mass is 280 g/mol. The number of ether oxygens (including phenoxy) is 1. The Kier molecular flexibility index (Phi) is 4.24. The highest BCUT2D eigenvalue weighted by Gasteiger charge is 2.27. The molecule has 104 valence electrons. The molecule has 1 aliphatic rings. The number of rotatable bonds is 2. The van der Waals surface area contributed by atoms with Crippen molar-refractivity contribution in [3.63, 3.8) is 0 Å². The summed E-state index contributed by atoms with van der Waals surface area (Å²) in [6.07, 6.45) is 0. The summed E-state index contributed by atoms with van der Waals surface area (Å²) in [5.74, 6) is -0.333. The standard InChI is InChI=1S/C14H20N2O2S/c1-9-7-16(8-10(2)19-9)13-11(14(17)18-3)5-4-6-12(13)15/h4-6,9-10H,7-8,15H2,1-3H3. The quantitative estimate of drug-likeness (QED) is 0.666. The van der Waals surface area contributed by atoms with Crippen LogP contribution >= 0.6 is 11.8 Å². The molecule has 19 heavy (non-hydrogen) atoms. The fourth-order valence-corrected chi connectivity index (χ4v) is 3.87. The molecule has 1 saturated heterocycles. The molecule has 0 radical (unpaired) electrons. The van der Waals surface area contributed by atoms with Gasteiger partial charge in [-0.05, 0) is 12.1 Å². The number of benzene rings is 1. The van der Waals surface area contributed by atoms with Crippen LogP contribution in [0.15, 0.2) is 18.2 Å². The van der Waals surface area contributed by atoms with E-state index in [-0.39, 0.29) is 5.97 Å². The lowest BCUT2D eigenvalue weighted by Crippen LogP contribution is -2.41. The maximum atomic E-state index is 11.9. The summed E-state index contributed by atoms with van der Waals surface area (Å²) in [6.45, 7) is 6.19. The molecule has 0 amide bonds. The lowest BCUT2D eigenvalue weighted by atomic mass is 10.1. The van der Waals surface area contributed by atoms with E-state index in [1.54, 1.807) is 12.1 Å². The summed E-state index contributed by atoms with van der Waals surface area (Å²) in [7, 11) is 1.40. The van der Waals surface area contributed by atoms with E-state index in [4.69, 9.17) is 10.5 Å². The average molecular weight is 280 g/mol. The molecular formula is C14H20N2O2S. The van der Waals surface area contributed by atoms with Crippen LogP contribution < -0.4 is 10.6 Å². The van der Waals surface area contributed by atoms with Crippen LogP contribution in [-0.2, 0) is 4.74 Å². The molecule has 1 fully saturated rings. The van der Waals surface area contributed by atoms with Crippen molar-refractivity contribution in [1.29, 1.82) is 0 Å². The molecule has 2 atom stereocenters. The molecule has 0 saturated carbocycles. The molecule has 2 rings (SSSR count). The lowest BCUT2D eigenvalue weighted by Gasteiger charge is -2.37. The van der Waals surface area contributed by atoms with Crippen LogP contribution in [0.2, 0.25) is 0 Å². The Balaban J connectivity index is 2.40. The van der Waals surface area contributed by atoms with Gasteiger partial charge >= 0.3 is 5.97 Å². The van der Waals surface area contributed by atoms with Gasteiger partial charge < -0.3 is 15.4 Å². The van der Waals surface area contributed by atoms with Crippen molar-refractivity contribution >= 4 is 29.1 Å². The largest absolute Gasteiger partial charge is 0.465 e. The molecule has 1 aromatic rings.